The summed E-state index contributed by atoms with van der Waals surface area (Å²) < 4.78 is 6.13. The molecule has 0 aliphatic carbocycles. The maximum atomic E-state index is 11.1. The van der Waals surface area contributed by atoms with Crippen molar-refractivity contribution in [3.8, 4) is 0 Å². The Morgan fingerprint density at radius 3 is 2.38 bits per heavy atom. The summed E-state index contributed by atoms with van der Waals surface area (Å²) in [5.41, 5.74) is 0.473. The van der Waals surface area contributed by atoms with E-state index in [2.05, 4.69) is 27.5 Å². The van der Waals surface area contributed by atoms with Gasteiger partial charge in [0.05, 0.1) is 33.3 Å². The molecule has 0 aliphatic heterocycles. The highest BCUT2D eigenvalue weighted by Crippen LogP contribution is 2.05. The number of nitrogens with zero attached hydrogens (tertiary/aromatic N) is 1. The third kappa shape index (κ3) is 5.91. The number of quaternary nitrogens is 1. The topological polar surface area (TPSA) is 26.3 Å². The van der Waals surface area contributed by atoms with Crippen molar-refractivity contribution in [3.05, 3.63) is 12.2 Å². The SMILES string of the molecule is C=C(C)C(=O)OCCC[N+](C)(CC)CCC. The smallest absolute Gasteiger partial charge is 0.333 e. The number of ether oxygens (including phenoxy) is 1. The van der Waals surface area contributed by atoms with Gasteiger partial charge < -0.3 is 9.22 Å². The predicted octanol–water partition coefficient (Wildman–Crippen LogP) is 2.37. The standard InChI is InChI=1S/C13H26NO2/c1-6-9-14(5,7-2)10-8-11-16-13(15)12(3)4/h3,6-11H2,1-2,4-5H3/q+1. The van der Waals surface area contributed by atoms with Crippen LogP contribution >= 0.6 is 0 Å². The molecule has 0 aromatic heterocycles. The Morgan fingerprint density at radius 1 is 1.31 bits per heavy atom. The largest absolute Gasteiger partial charge is 0.462 e. The lowest BCUT2D eigenvalue weighted by Crippen LogP contribution is -2.45. The summed E-state index contributed by atoms with van der Waals surface area (Å²) in [6, 6.07) is 0. The van der Waals surface area contributed by atoms with E-state index in [-0.39, 0.29) is 5.97 Å². The van der Waals surface area contributed by atoms with Gasteiger partial charge >= 0.3 is 5.97 Å². The molecule has 3 nitrogen and oxygen atoms in total. The fourth-order valence-corrected chi connectivity index (χ4v) is 1.70. The quantitative estimate of drug-likeness (QED) is 0.276. The highest BCUT2D eigenvalue weighted by atomic mass is 16.5. The molecule has 0 aliphatic rings. The molecule has 16 heavy (non-hydrogen) atoms. The molecule has 0 rings (SSSR count). The van der Waals surface area contributed by atoms with E-state index >= 15 is 0 Å². The highest BCUT2D eigenvalue weighted by Gasteiger charge is 2.17. The van der Waals surface area contributed by atoms with Crippen molar-refractivity contribution in [2.45, 2.75) is 33.6 Å². The third-order valence-electron chi connectivity index (χ3n) is 2.95. The normalized spacial score (nSPS) is 14.2. The van der Waals surface area contributed by atoms with Crippen LogP contribution in [0.3, 0.4) is 0 Å². The van der Waals surface area contributed by atoms with E-state index in [1.165, 1.54) is 13.0 Å². The summed E-state index contributed by atoms with van der Waals surface area (Å²) in [7, 11) is 2.25. The lowest BCUT2D eigenvalue weighted by molar-refractivity contribution is -0.908. The number of hydrogen-bond donors (Lipinski definition) is 0. The monoisotopic (exact) mass is 228 g/mol. The average molecular weight is 228 g/mol. The van der Waals surface area contributed by atoms with E-state index in [1.807, 2.05) is 0 Å². The molecule has 94 valence electrons. The summed E-state index contributed by atoms with van der Waals surface area (Å²) in [6.45, 7) is 13.5. The summed E-state index contributed by atoms with van der Waals surface area (Å²) in [4.78, 5) is 11.1. The zero-order valence-corrected chi connectivity index (χ0v) is 11.2. The number of carbonyl (C=O) groups is 1. The van der Waals surface area contributed by atoms with Gasteiger partial charge in [-0.15, -0.1) is 0 Å². The van der Waals surface area contributed by atoms with Gasteiger partial charge in [-0.3, -0.25) is 0 Å². The molecule has 0 fully saturated rings. The zero-order chi connectivity index (χ0) is 12.6. The maximum Gasteiger partial charge on any atom is 0.333 e. The molecule has 0 saturated heterocycles. The van der Waals surface area contributed by atoms with Crippen molar-refractivity contribution >= 4 is 5.97 Å². The minimum absolute atomic E-state index is 0.277. The minimum Gasteiger partial charge on any atom is -0.462 e. The van der Waals surface area contributed by atoms with E-state index in [9.17, 15) is 4.79 Å². The fraction of sp³-hybridized carbons (Fsp3) is 0.769. The molecule has 0 radical (unpaired) electrons. The maximum absolute atomic E-state index is 11.1. The summed E-state index contributed by atoms with van der Waals surface area (Å²) >= 11 is 0. The Morgan fingerprint density at radius 2 is 1.94 bits per heavy atom. The van der Waals surface area contributed by atoms with E-state index in [0.29, 0.717) is 12.2 Å². The van der Waals surface area contributed by atoms with E-state index < -0.39 is 0 Å². The highest BCUT2D eigenvalue weighted by molar-refractivity contribution is 5.86. The van der Waals surface area contributed by atoms with E-state index in [4.69, 9.17) is 4.74 Å². The molecule has 0 N–H and O–H groups in total. The Balaban J connectivity index is 3.79. The van der Waals surface area contributed by atoms with Crippen LogP contribution in [0, 0.1) is 0 Å². The van der Waals surface area contributed by atoms with Crippen molar-refractivity contribution < 1.29 is 14.0 Å². The Labute approximate surface area is 99.7 Å². The summed E-state index contributed by atoms with van der Waals surface area (Å²) in [6.07, 6.45) is 2.11. The summed E-state index contributed by atoms with van der Waals surface area (Å²) in [5, 5.41) is 0. The zero-order valence-electron chi connectivity index (χ0n) is 11.2. The van der Waals surface area contributed by atoms with Gasteiger partial charge in [-0.25, -0.2) is 4.79 Å². The van der Waals surface area contributed by atoms with Crippen molar-refractivity contribution in [1.82, 2.24) is 0 Å². The number of hydrogen-bond acceptors (Lipinski definition) is 2. The predicted molar refractivity (Wildman–Crippen MR) is 67.1 cm³/mol. The van der Waals surface area contributed by atoms with Crippen LogP contribution in [0.1, 0.15) is 33.6 Å². The second-order valence-corrected chi connectivity index (χ2v) is 4.65. The molecule has 0 heterocycles. The Hall–Kier alpha value is -0.830. The van der Waals surface area contributed by atoms with Crippen LogP contribution in [0.25, 0.3) is 0 Å². The molecule has 1 unspecified atom stereocenters. The number of esters is 1. The molecule has 1 atom stereocenters. The molecular formula is C13H26NO2+. The number of rotatable bonds is 8. The lowest BCUT2D eigenvalue weighted by atomic mass is 10.3. The molecular weight excluding hydrogens is 202 g/mol. The van der Waals surface area contributed by atoms with Crippen LogP contribution in [0.2, 0.25) is 0 Å². The van der Waals surface area contributed by atoms with E-state index in [1.54, 1.807) is 6.92 Å². The molecule has 0 aromatic rings. The Kier molecular flexibility index (Phi) is 7.06. The van der Waals surface area contributed by atoms with Crippen LogP contribution < -0.4 is 0 Å². The van der Waals surface area contributed by atoms with Gasteiger partial charge in [0, 0.05) is 12.0 Å². The van der Waals surface area contributed by atoms with Crippen molar-refractivity contribution in [2.75, 3.05) is 33.3 Å². The first kappa shape index (κ1) is 15.2. The molecule has 0 bridgehead atoms. The third-order valence-corrected chi connectivity index (χ3v) is 2.95. The van der Waals surface area contributed by atoms with E-state index in [0.717, 1.165) is 24.0 Å². The van der Waals surface area contributed by atoms with Crippen LogP contribution in [0.15, 0.2) is 12.2 Å². The second kappa shape index (κ2) is 7.44. The van der Waals surface area contributed by atoms with Gasteiger partial charge in [0.2, 0.25) is 0 Å². The van der Waals surface area contributed by atoms with Gasteiger partial charge in [-0.1, -0.05) is 13.5 Å². The molecule has 3 heteroatoms. The first-order chi connectivity index (χ1) is 7.45. The van der Waals surface area contributed by atoms with Crippen LogP contribution in [-0.4, -0.2) is 43.7 Å². The van der Waals surface area contributed by atoms with Crippen LogP contribution in [0.4, 0.5) is 0 Å². The molecule has 0 aromatic carbocycles. The van der Waals surface area contributed by atoms with Crippen molar-refractivity contribution in [2.24, 2.45) is 0 Å². The van der Waals surface area contributed by atoms with Crippen molar-refractivity contribution in [1.29, 1.82) is 0 Å². The van der Waals surface area contributed by atoms with Gasteiger partial charge in [-0.05, 0) is 20.3 Å². The molecule has 0 spiro atoms. The van der Waals surface area contributed by atoms with Crippen molar-refractivity contribution in [3.63, 3.8) is 0 Å². The second-order valence-electron chi connectivity index (χ2n) is 4.65. The Bertz CT molecular complexity index is 238. The van der Waals surface area contributed by atoms with Crippen LogP contribution in [0.5, 0.6) is 0 Å². The average Bonchev–Trinajstić information content (AvgIpc) is 2.24. The first-order valence-electron chi connectivity index (χ1n) is 6.11. The first-order valence-corrected chi connectivity index (χ1v) is 6.11. The lowest BCUT2D eigenvalue weighted by Gasteiger charge is -2.33. The minimum atomic E-state index is -0.277. The van der Waals surface area contributed by atoms with Gasteiger partial charge in [0.25, 0.3) is 0 Å². The van der Waals surface area contributed by atoms with Crippen LogP contribution in [-0.2, 0) is 9.53 Å². The van der Waals surface area contributed by atoms with Gasteiger partial charge in [0.15, 0.2) is 0 Å². The number of carbonyl (C=O) groups excluding carboxylic acids is 1. The van der Waals surface area contributed by atoms with Gasteiger partial charge in [-0.2, -0.15) is 0 Å². The summed E-state index contributed by atoms with van der Waals surface area (Å²) in [5.74, 6) is -0.277. The van der Waals surface area contributed by atoms with Gasteiger partial charge in [0.1, 0.15) is 0 Å². The molecule has 0 amide bonds. The molecule has 0 saturated carbocycles. The fourth-order valence-electron chi connectivity index (χ4n) is 1.70.